The fourth-order valence-corrected chi connectivity index (χ4v) is 2.34. The molecule has 0 saturated carbocycles. The lowest BCUT2D eigenvalue weighted by Crippen LogP contribution is -2.27. The number of aromatic carboxylic acids is 1. The maximum absolute atomic E-state index is 11.9. The minimum Gasteiger partial charge on any atom is -0.476 e. The van der Waals surface area contributed by atoms with E-state index < -0.39 is 12.0 Å². The molecule has 0 aromatic carbocycles. The van der Waals surface area contributed by atoms with Crippen LogP contribution in [0.5, 0.6) is 0 Å². The van der Waals surface area contributed by atoms with Crippen LogP contribution < -0.4 is 5.32 Å². The smallest absolute Gasteiger partial charge is 0.355 e. The minimum atomic E-state index is -1.09. The highest BCUT2D eigenvalue weighted by Gasteiger charge is 2.17. The molecular formula is C12H10ClN3O3S. The molecule has 20 heavy (non-hydrogen) atoms. The van der Waals surface area contributed by atoms with Gasteiger partial charge in [-0.05, 0) is 19.1 Å². The van der Waals surface area contributed by atoms with Crippen molar-refractivity contribution in [1.82, 2.24) is 15.3 Å². The monoisotopic (exact) mass is 311 g/mol. The van der Waals surface area contributed by atoms with E-state index in [1.165, 1.54) is 29.0 Å². The van der Waals surface area contributed by atoms with Crippen LogP contribution >= 0.6 is 22.9 Å². The normalized spacial score (nSPS) is 11.9. The van der Waals surface area contributed by atoms with E-state index in [1.54, 1.807) is 13.0 Å². The molecule has 1 unspecified atom stereocenters. The van der Waals surface area contributed by atoms with Crippen molar-refractivity contribution in [3.05, 3.63) is 45.1 Å². The summed E-state index contributed by atoms with van der Waals surface area (Å²) in [5.41, 5.74) is 0.201. The van der Waals surface area contributed by atoms with Gasteiger partial charge in [-0.25, -0.2) is 14.8 Å². The Hall–Kier alpha value is -1.99. The Labute approximate surface area is 123 Å². The van der Waals surface area contributed by atoms with Crippen molar-refractivity contribution in [3.63, 3.8) is 0 Å². The third kappa shape index (κ3) is 3.31. The molecule has 0 aliphatic rings. The van der Waals surface area contributed by atoms with E-state index in [-0.39, 0.29) is 17.3 Å². The summed E-state index contributed by atoms with van der Waals surface area (Å²) < 4.78 is 0. The molecule has 8 heteroatoms. The van der Waals surface area contributed by atoms with Gasteiger partial charge < -0.3 is 10.4 Å². The number of hydrogen-bond donors (Lipinski definition) is 2. The molecule has 6 nitrogen and oxygen atoms in total. The van der Waals surface area contributed by atoms with Crippen molar-refractivity contribution in [3.8, 4) is 0 Å². The molecular weight excluding hydrogens is 302 g/mol. The lowest BCUT2D eigenvalue weighted by molar-refractivity contribution is 0.0691. The molecule has 0 spiro atoms. The zero-order valence-electron chi connectivity index (χ0n) is 10.3. The van der Waals surface area contributed by atoms with Crippen LogP contribution in [0.3, 0.4) is 0 Å². The average Bonchev–Trinajstić information content (AvgIpc) is 2.89. The number of carboxylic acid groups (broad SMARTS) is 1. The van der Waals surface area contributed by atoms with E-state index in [9.17, 15) is 9.59 Å². The van der Waals surface area contributed by atoms with Gasteiger partial charge in [0.1, 0.15) is 10.7 Å². The molecule has 1 atom stereocenters. The highest BCUT2D eigenvalue weighted by atomic mass is 35.5. The Kier molecular flexibility index (Phi) is 4.31. The van der Waals surface area contributed by atoms with Gasteiger partial charge in [0.25, 0.3) is 5.91 Å². The zero-order chi connectivity index (χ0) is 14.7. The first-order chi connectivity index (χ1) is 9.47. The summed E-state index contributed by atoms with van der Waals surface area (Å²) in [6.07, 6.45) is 1.38. The van der Waals surface area contributed by atoms with E-state index in [1.807, 2.05) is 0 Å². The predicted molar refractivity (Wildman–Crippen MR) is 74.2 cm³/mol. The van der Waals surface area contributed by atoms with Crippen LogP contribution in [-0.4, -0.2) is 27.0 Å². The Morgan fingerprint density at radius 2 is 2.15 bits per heavy atom. The summed E-state index contributed by atoms with van der Waals surface area (Å²) in [7, 11) is 0. The van der Waals surface area contributed by atoms with E-state index >= 15 is 0 Å². The Bertz CT molecular complexity index is 642. The second-order valence-corrected chi connectivity index (χ2v) is 5.26. The SMILES string of the molecule is CC(NC(=O)c1ccc(Cl)cn1)c1nc(C(=O)O)cs1. The molecule has 2 aromatic rings. The number of halogens is 1. The number of nitrogens with zero attached hydrogens (tertiary/aromatic N) is 2. The van der Waals surface area contributed by atoms with Crippen LogP contribution in [0.15, 0.2) is 23.7 Å². The first-order valence-electron chi connectivity index (χ1n) is 5.58. The van der Waals surface area contributed by atoms with Crippen molar-refractivity contribution >= 4 is 34.8 Å². The first kappa shape index (κ1) is 14.4. The van der Waals surface area contributed by atoms with E-state index in [4.69, 9.17) is 16.7 Å². The maximum Gasteiger partial charge on any atom is 0.355 e. The number of aromatic nitrogens is 2. The Balaban J connectivity index is 2.06. The largest absolute Gasteiger partial charge is 0.476 e. The van der Waals surface area contributed by atoms with Crippen molar-refractivity contribution in [1.29, 1.82) is 0 Å². The predicted octanol–water partition coefficient (Wildman–Crippen LogP) is 2.38. The van der Waals surface area contributed by atoms with Gasteiger partial charge in [0.2, 0.25) is 0 Å². The van der Waals surface area contributed by atoms with Crippen LogP contribution in [0.2, 0.25) is 5.02 Å². The number of amides is 1. The maximum atomic E-state index is 11.9. The Morgan fingerprint density at radius 3 is 2.70 bits per heavy atom. The molecule has 2 aromatic heterocycles. The van der Waals surface area contributed by atoms with E-state index in [0.717, 1.165) is 0 Å². The fourth-order valence-electron chi connectivity index (χ4n) is 1.43. The lowest BCUT2D eigenvalue weighted by atomic mass is 10.3. The van der Waals surface area contributed by atoms with Gasteiger partial charge in [-0.2, -0.15) is 0 Å². The van der Waals surface area contributed by atoms with Gasteiger partial charge in [0.05, 0.1) is 11.1 Å². The van der Waals surface area contributed by atoms with E-state index in [0.29, 0.717) is 10.0 Å². The second kappa shape index (κ2) is 5.98. The number of thiazole rings is 1. The highest BCUT2D eigenvalue weighted by Crippen LogP contribution is 2.18. The highest BCUT2D eigenvalue weighted by molar-refractivity contribution is 7.09. The van der Waals surface area contributed by atoms with Crippen molar-refractivity contribution in [2.24, 2.45) is 0 Å². The van der Waals surface area contributed by atoms with Gasteiger partial charge in [-0.3, -0.25) is 4.79 Å². The van der Waals surface area contributed by atoms with Gasteiger partial charge in [0, 0.05) is 11.6 Å². The molecule has 2 heterocycles. The van der Waals surface area contributed by atoms with Crippen LogP contribution in [0.1, 0.15) is 39.0 Å². The average molecular weight is 312 g/mol. The van der Waals surface area contributed by atoms with Gasteiger partial charge >= 0.3 is 5.97 Å². The molecule has 0 saturated heterocycles. The molecule has 0 fully saturated rings. The first-order valence-corrected chi connectivity index (χ1v) is 6.84. The quantitative estimate of drug-likeness (QED) is 0.904. The summed E-state index contributed by atoms with van der Waals surface area (Å²) in [6, 6.07) is 2.67. The van der Waals surface area contributed by atoms with Crippen molar-refractivity contribution in [2.45, 2.75) is 13.0 Å². The number of pyridine rings is 1. The summed E-state index contributed by atoms with van der Waals surface area (Å²) in [4.78, 5) is 30.5. The standard InChI is InChI=1S/C12H10ClN3O3S/c1-6(11-16-9(5-20-11)12(18)19)15-10(17)8-3-2-7(13)4-14-8/h2-6H,1H3,(H,15,17)(H,18,19). The number of rotatable bonds is 4. The molecule has 0 radical (unpaired) electrons. The number of nitrogens with one attached hydrogen (secondary N) is 1. The second-order valence-electron chi connectivity index (χ2n) is 3.93. The fraction of sp³-hybridized carbons (Fsp3) is 0.167. The molecule has 0 aliphatic heterocycles. The molecule has 2 rings (SSSR count). The summed E-state index contributed by atoms with van der Waals surface area (Å²) in [6.45, 7) is 1.72. The summed E-state index contributed by atoms with van der Waals surface area (Å²) >= 11 is 6.87. The minimum absolute atomic E-state index is 0.0317. The van der Waals surface area contributed by atoms with Crippen LogP contribution in [0.4, 0.5) is 0 Å². The van der Waals surface area contributed by atoms with Crippen molar-refractivity contribution < 1.29 is 14.7 Å². The molecule has 0 aliphatic carbocycles. The molecule has 104 valence electrons. The molecule has 1 amide bonds. The third-order valence-electron chi connectivity index (χ3n) is 2.42. The van der Waals surface area contributed by atoms with Gasteiger partial charge in [0.15, 0.2) is 5.69 Å². The number of hydrogen-bond acceptors (Lipinski definition) is 5. The molecule has 0 bridgehead atoms. The topological polar surface area (TPSA) is 92.2 Å². The lowest BCUT2D eigenvalue weighted by Gasteiger charge is -2.10. The van der Waals surface area contributed by atoms with E-state index in [2.05, 4.69) is 15.3 Å². The molecule has 2 N–H and O–H groups in total. The van der Waals surface area contributed by atoms with Crippen LogP contribution in [-0.2, 0) is 0 Å². The number of carboxylic acids is 1. The zero-order valence-corrected chi connectivity index (χ0v) is 11.9. The van der Waals surface area contributed by atoms with Crippen LogP contribution in [0, 0.1) is 0 Å². The van der Waals surface area contributed by atoms with Crippen molar-refractivity contribution in [2.75, 3.05) is 0 Å². The number of carbonyl (C=O) groups excluding carboxylic acids is 1. The van der Waals surface area contributed by atoms with Gasteiger partial charge in [-0.15, -0.1) is 11.3 Å². The van der Waals surface area contributed by atoms with Gasteiger partial charge in [-0.1, -0.05) is 11.6 Å². The number of carbonyl (C=O) groups is 2. The third-order valence-corrected chi connectivity index (χ3v) is 3.67. The van der Waals surface area contributed by atoms with Crippen LogP contribution in [0.25, 0.3) is 0 Å². The Morgan fingerprint density at radius 1 is 1.40 bits per heavy atom. The summed E-state index contributed by atoms with van der Waals surface area (Å²) in [5, 5.41) is 13.9. The summed E-state index contributed by atoms with van der Waals surface area (Å²) in [5.74, 6) is -1.47.